The van der Waals surface area contributed by atoms with Gasteiger partial charge >= 0.3 is 0 Å². The van der Waals surface area contributed by atoms with E-state index in [4.69, 9.17) is 15.2 Å². The topological polar surface area (TPSA) is 51.0 Å². The maximum atomic E-state index is 5.58. The molecule has 0 unspecified atom stereocenters. The van der Waals surface area contributed by atoms with Crippen LogP contribution in [0.25, 0.3) is 0 Å². The molecule has 0 atom stereocenters. The molecule has 1 spiro atoms. The third-order valence-electron chi connectivity index (χ3n) is 4.35. The van der Waals surface area contributed by atoms with E-state index in [2.05, 4.69) is 15.5 Å². The summed E-state index contributed by atoms with van der Waals surface area (Å²) in [6, 6.07) is 0. The molecule has 2 aliphatic rings. The molecule has 2 aliphatic heterocycles. The van der Waals surface area contributed by atoms with Crippen molar-refractivity contribution in [3.63, 3.8) is 0 Å². The Kier molecular flexibility index (Phi) is 7.07. The zero-order valence-corrected chi connectivity index (χ0v) is 13.5. The Labute approximate surface area is 127 Å². The average molecular weight is 303 g/mol. The van der Waals surface area contributed by atoms with Gasteiger partial charge in [0.25, 0.3) is 0 Å². The lowest BCUT2D eigenvalue weighted by Crippen LogP contribution is -2.60. The summed E-state index contributed by atoms with van der Waals surface area (Å²) in [7, 11) is 0. The summed E-state index contributed by atoms with van der Waals surface area (Å²) in [5.74, 6) is 0. The average Bonchev–Trinajstić information content (AvgIpc) is 2.45. The molecule has 5 nitrogen and oxygen atoms in total. The number of nitrogens with zero attached hydrogens (tertiary/aromatic N) is 2. The number of likely N-dealkylation sites (tertiary alicyclic amines) is 1. The van der Waals surface area contributed by atoms with Gasteiger partial charge in [-0.1, -0.05) is 11.9 Å². The number of piperidine rings is 1. The van der Waals surface area contributed by atoms with Crippen molar-refractivity contribution < 1.29 is 9.47 Å². The van der Waals surface area contributed by atoms with Gasteiger partial charge in [0, 0.05) is 39.3 Å². The minimum atomic E-state index is 0.587. The highest BCUT2D eigenvalue weighted by Crippen LogP contribution is 2.41. The lowest BCUT2D eigenvalue weighted by molar-refractivity contribution is -0.0492. The summed E-state index contributed by atoms with van der Waals surface area (Å²) in [6.07, 6.45) is 4.90. The standard InChI is InChI=1S/C14H29N3O2S/c1-20-17-5-2-14(3-6-17)12-16(13-14)7-9-19-11-10-18-8-4-15/h2-13,15H2,1H3. The van der Waals surface area contributed by atoms with Crippen LogP contribution in [0.1, 0.15) is 12.8 Å². The largest absolute Gasteiger partial charge is 0.378 e. The summed E-state index contributed by atoms with van der Waals surface area (Å²) in [6.45, 7) is 9.48. The molecule has 2 rings (SSSR count). The monoisotopic (exact) mass is 303 g/mol. The van der Waals surface area contributed by atoms with E-state index in [0.29, 0.717) is 31.8 Å². The van der Waals surface area contributed by atoms with Crippen molar-refractivity contribution in [1.29, 1.82) is 0 Å². The summed E-state index contributed by atoms with van der Waals surface area (Å²) >= 11 is 1.89. The minimum Gasteiger partial charge on any atom is -0.378 e. The number of hydrogen-bond acceptors (Lipinski definition) is 6. The fourth-order valence-corrected chi connectivity index (χ4v) is 3.67. The predicted octanol–water partition coefficient (Wildman–Crippen LogP) is 0.654. The third kappa shape index (κ3) is 4.86. The van der Waals surface area contributed by atoms with Crippen LogP contribution in [0.15, 0.2) is 0 Å². The van der Waals surface area contributed by atoms with E-state index in [9.17, 15) is 0 Å². The second kappa shape index (κ2) is 8.56. The summed E-state index contributed by atoms with van der Waals surface area (Å²) < 4.78 is 13.3. The Balaban J connectivity index is 1.46. The molecular weight excluding hydrogens is 274 g/mol. The first-order valence-corrected chi connectivity index (χ1v) is 8.83. The van der Waals surface area contributed by atoms with Crippen LogP contribution < -0.4 is 5.73 Å². The number of rotatable bonds is 9. The van der Waals surface area contributed by atoms with Gasteiger partial charge in [0.15, 0.2) is 0 Å². The van der Waals surface area contributed by atoms with Crippen molar-refractivity contribution in [3.05, 3.63) is 0 Å². The Morgan fingerprint density at radius 1 is 1.05 bits per heavy atom. The highest BCUT2D eigenvalue weighted by molar-refractivity contribution is 7.96. The maximum Gasteiger partial charge on any atom is 0.0701 e. The normalized spacial score (nSPS) is 23.1. The fraction of sp³-hybridized carbons (Fsp3) is 1.00. The number of nitrogens with two attached hydrogens (primary N) is 1. The zero-order chi connectivity index (χ0) is 14.3. The Morgan fingerprint density at radius 2 is 1.70 bits per heavy atom. The Bertz CT molecular complexity index is 265. The van der Waals surface area contributed by atoms with Gasteiger partial charge in [-0.25, -0.2) is 0 Å². The summed E-state index contributed by atoms with van der Waals surface area (Å²) in [5, 5.41) is 0. The molecule has 0 aliphatic carbocycles. The van der Waals surface area contributed by atoms with Gasteiger partial charge in [-0.05, 0) is 24.5 Å². The second-order valence-electron chi connectivity index (χ2n) is 5.84. The van der Waals surface area contributed by atoms with Crippen LogP contribution in [0.5, 0.6) is 0 Å². The molecule has 2 N–H and O–H groups in total. The van der Waals surface area contributed by atoms with Gasteiger partial charge < -0.3 is 15.2 Å². The van der Waals surface area contributed by atoms with Crippen molar-refractivity contribution >= 4 is 11.9 Å². The van der Waals surface area contributed by atoms with Gasteiger partial charge in [0.1, 0.15) is 0 Å². The lowest BCUT2D eigenvalue weighted by Gasteiger charge is -2.54. The molecule has 0 saturated carbocycles. The molecular formula is C14H29N3O2S. The number of hydrogen-bond donors (Lipinski definition) is 1. The van der Waals surface area contributed by atoms with Crippen LogP contribution in [-0.4, -0.2) is 81.2 Å². The van der Waals surface area contributed by atoms with E-state index in [0.717, 1.165) is 13.2 Å². The third-order valence-corrected chi connectivity index (χ3v) is 5.23. The van der Waals surface area contributed by atoms with Gasteiger partial charge in [-0.3, -0.25) is 9.21 Å². The van der Waals surface area contributed by atoms with E-state index >= 15 is 0 Å². The van der Waals surface area contributed by atoms with Crippen LogP contribution in [0.3, 0.4) is 0 Å². The molecule has 118 valence electrons. The highest BCUT2D eigenvalue weighted by atomic mass is 32.2. The molecule has 0 aromatic heterocycles. The molecule has 6 heteroatoms. The van der Waals surface area contributed by atoms with Crippen LogP contribution in [0.4, 0.5) is 0 Å². The van der Waals surface area contributed by atoms with Crippen molar-refractivity contribution in [2.24, 2.45) is 11.1 Å². The Morgan fingerprint density at radius 3 is 2.30 bits per heavy atom. The SMILES string of the molecule is CSN1CCC2(CC1)CN(CCOCCOCCN)C2. The van der Waals surface area contributed by atoms with Gasteiger partial charge in [-0.2, -0.15) is 0 Å². The molecule has 0 bridgehead atoms. The zero-order valence-electron chi connectivity index (χ0n) is 12.7. The van der Waals surface area contributed by atoms with Crippen molar-refractivity contribution in [1.82, 2.24) is 9.21 Å². The van der Waals surface area contributed by atoms with Crippen molar-refractivity contribution in [2.45, 2.75) is 12.8 Å². The van der Waals surface area contributed by atoms with Crippen LogP contribution >= 0.6 is 11.9 Å². The van der Waals surface area contributed by atoms with E-state index in [1.165, 1.54) is 39.0 Å². The van der Waals surface area contributed by atoms with E-state index in [1.54, 1.807) is 0 Å². The molecule has 0 amide bonds. The maximum absolute atomic E-state index is 5.58. The predicted molar refractivity (Wildman–Crippen MR) is 83.9 cm³/mol. The molecule has 20 heavy (non-hydrogen) atoms. The molecule has 0 aromatic carbocycles. The fourth-order valence-electron chi connectivity index (χ4n) is 3.12. The quantitative estimate of drug-likeness (QED) is 0.499. The second-order valence-corrected chi connectivity index (χ2v) is 6.72. The first-order chi connectivity index (χ1) is 9.78. The minimum absolute atomic E-state index is 0.587. The van der Waals surface area contributed by atoms with Crippen LogP contribution in [-0.2, 0) is 9.47 Å². The lowest BCUT2D eigenvalue weighted by atomic mass is 9.72. The smallest absolute Gasteiger partial charge is 0.0701 e. The Hall–Kier alpha value is 0.150. The van der Waals surface area contributed by atoms with E-state index in [1.807, 2.05) is 11.9 Å². The van der Waals surface area contributed by atoms with E-state index in [-0.39, 0.29) is 0 Å². The molecule has 2 heterocycles. The molecule has 0 radical (unpaired) electrons. The molecule has 0 aromatic rings. The molecule has 2 fully saturated rings. The summed E-state index contributed by atoms with van der Waals surface area (Å²) in [5.41, 5.74) is 5.96. The van der Waals surface area contributed by atoms with Gasteiger partial charge in [0.2, 0.25) is 0 Å². The van der Waals surface area contributed by atoms with Crippen molar-refractivity contribution in [2.75, 3.05) is 72.0 Å². The van der Waals surface area contributed by atoms with E-state index < -0.39 is 0 Å². The first kappa shape index (κ1) is 16.5. The molecule has 2 saturated heterocycles. The summed E-state index contributed by atoms with van der Waals surface area (Å²) in [4.78, 5) is 2.52. The van der Waals surface area contributed by atoms with Gasteiger partial charge in [-0.15, -0.1) is 0 Å². The van der Waals surface area contributed by atoms with Crippen molar-refractivity contribution in [3.8, 4) is 0 Å². The van der Waals surface area contributed by atoms with Gasteiger partial charge in [0.05, 0.1) is 26.4 Å². The van der Waals surface area contributed by atoms with Crippen LogP contribution in [0.2, 0.25) is 0 Å². The number of ether oxygens (including phenoxy) is 2. The highest BCUT2D eigenvalue weighted by Gasteiger charge is 2.44. The first-order valence-electron chi connectivity index (χ1n) is 7.65. The van der Waals surface area contributed by atoms with Crippen LogP contribution in [0, 0.1) is 5.41 Å².